The fraction of sp³-hybridized carbons (Fsp3) is 0.500. The molecule has 1 aromatic rings. The van der Waals surface area contributed by atoms with E-state index in [1.807, 2.05) is 25.1 Å². The highest BCUT2D eigenvalue weighted by atomic mass is 16.5. The molecule has 18 heavy (non-hydrogen) atoms. The van der Waals surface area contributed by atoms with Gasteiger partial charge in [0.15, 0.2) is 6.10 Å². The summed E-state index contributed by atoms with van der Waals surface area (Å²) in [4.78, 5) is 10.9. The second kappa shape index (κ2) is 7.01. The molecule has 1 aromatic carbocycles. The Labute approximate surface area is 108 Å². The molecule has 0 aliphatic heterocycles. The van der Waals surface area contributed by atoms with Crippen LogP contribution in [0.3, 0.4) is 0 Å². The van der Waals surface area contributed by atoms with Crippen LogP contribution in [0.15, 0.2) is 24.3 Å². The topological polar surface area (TPSA) is 58.6 Å². The van der Waals surface area contributed by atoms with Crippen LogP contribution < -0.4 is 10.1 Å². The van der Waals surface area contributed by atoms with Crippen molar-refractivity contribution in [3.05, 3.63) is 29.8 Å². The first kappa shape index (κ1) is 14.5. The van der Waals surface area contributed by atoms with Crippen molar-refractivity contribution in [1.82, 2.24) is 5.32 Å². The van der Waals surface area contributed by atoms with Gasteiger partial charge in [0, 0.05) is 6.04 Å². The highest BCUT2D eigenvalue weighted by Crippen LogP contribution is 2.20. The minimum absolute atomic E-state index is 0.225. The number of aliphatic carboxylic acids is 1. The molecule has 0 radical (unpaired) electrons. The molecule has 0 aliphatic carbocycles. The molecule has 2 atom stereocenters. The van der Waals surface area contributed by atoms with Crippen molar-refractivity contribution < 1.29 is 14.6 Å². The molecule has 100 valence electrons. The van der Waals surface area contributed by atoms with Crippen LogP contribution >= 0.6 is 0 Å². The Bertz CT molecular complexity index is 392. The number of carbonyl (C=O) groups is 1. The third-order valence-corrected chi connectivity index (χ3v) is 2.79. The molecule has 1 rings (SSSR count). The lowest BCUT2D eigenvalue weighted by atomic mass is 10.1. The van der Waals surface area contributed by atoms with Crippen molar-refractivity contribution in [3.63, 3.8) is 0 Å². The number of rotatable bonds is 7. The van der Waals surface area contributed by atoms with Gasteiger partial charge in [0.2, 0.25) is 0 Å². The van der Waals surface area contributed by atoms with Gasteiger partial charge in [-0.1, -0.05) is 26.0 Å². The van der Waals surface area contributed by atoms with Crippen LogP contribution in [0.1, 0.15) is 38.8 Å². The normalized spacial score (nSPS) is 13.9. The summed E-state index contributed by atoms with van der Waals surface area (Å²) < 4.78 is 5.47. The molecule has 0 fully saturated rings. The zero-order valence-electron chi connectivity index (χ0n) is 11.1. The SMILES string of the molecule is CCNC(C)c1cccc(OC(CC)C(=O)O)c1. The summed E-state index contributed by atoms with van der Waals surface area (Å²) in [6, 6.07) is 7.78. The molecule has 4 nitrogen and oxygen atoms in total. The predicted octanol–water partition coefficient (Wildman–Crippen LogP) is 2.60. The predicted molar refractivity (Wildman–Crippen MR) is 70.9 cm³/mol. The zero-order chi connectivity index (χ0) is 13.5. The smallest absolute Gasteiger partial charge is 0.344 e. The molecule has 2 unspecified atom stereocenters. The maximum absolute atomic E-state index is 10.9. The Morgan fingerprint density at radius 1 is 1.44 bits per heavy atom. The van der Waals surface area contributed by atoms with E-state index in [0.717, 1.165) is 12.1 Å². The van der Waals surface area contributed by atoms with Gasteiger partial charge in [-0.15, -0.1) is 0 Å². The molecule has 0 aliphatic rings. The number of ether oxygens (including phenoxy) is 1. The quantitative estimate of drug-likeness (QED) is 0.782. The third kappa shape index (κ3) is 4.04. The summed E-state index contributed by atoms with van der Waals surface area (Å²) in [5.41, 5.74) is 1.09. The van der Waals surface area contributed by atoms with E-state index < -0.39 is 12.1 Å². The van der Waals surface area contributed by atoms with E-state index >= 15 is 0 Å². The number of carboxylic acids is 1. The molecule has 0 amide bonds. The minimum atomic E-state index is -0.928. The molecular weight excluding hydrogens is 230 g/mol. The zero-order valence-corrected chi connectivity index (χ0v) is 11.1. The van der Waals surface area contributed by atoms with Crippen molar-refractivity contribution in [2.45, 2.75) is 39.3 Å². The van der Waals surface area contributed by atoms with Gasteiger partial charge in [0.1, 0.15) is 5.75 Å². The Morgan fingerprint density at radius 3 is 2.72 bits per heavy atom. The largest absolute Gasteiger partial charge is 0.479 e. The van der Waals surface area contributed by atoms with Gasteiger partial charge < -0.3 is 15.2 Å². The average molecular weight is 251 g/mol. The van der Waals surface area contributed by atoms with Gasteiger partial charge in [-0.25, -0.2) is 4.79 Å². The van der Waals surface area contributed by atoms with E-state index in [2.05, 4.69) is 12.2 Å². The van der Waals surface area contributed by atoms with Gasteiger partial charge in [-0.05, 0) is 37.6 Å². The Hall–Kier alpha value is -1.55. The molecular formula is C14H21NO3. The molecule has 2 N–H and O–H groups in total. The number of carboxylic acid groups (broad SMARTS) is 1. The fourth-order valence-electron chi connectivity index (χ4n) is 1.75. The van der Waals surface area contributed by atoms with Gasteiger partial charge in [0.25, 0.3) is 0 Å². The Kier molecular flexibility index (Phi) is 5.65. The highest BCUT2D eigenvalue weighted by molar-refractivity contribution is 5.72. The second-order valence-electron chi connectivity index (χ2n) is 4.20. The molecule has 0 heterocycles. The molecule has 0 bridgehead atoms. The first-order chi connectivity index (χ1) is 8.58. The average Bonchev–Trinajstić information content (AvgIpc) is 2.36. The first-order valence-electron chi connectivity index (χ1n) is 6.31. The van der Waals surface area contributed by atoms with E-state index in [0.29, 0.717) is 12.2 Å². The van der Waals surface area contributed by atoms with Gasteiger partial charge in [-0.2, -0.15) is 0 Å². The minimum Gasteiger partial charge on any atom is -0.479 e. The molecule has 4 heteroatoms. The maximum atomic E-state index is 10.9. The van der Waals surface area contributed by atoms with Gasteiger partial charge in [0.05, 0.1) is 0 Å². The van der Waals surface area contributed by atoms with Crippen LogP contribution in [0.5, 0.6) is 5.75 Å². The summed E-state index contributed by atoms with van der Waals surface area (Å²) >= 11 is 0. The monoisotopic (exact) mass is 251 g/mol. The van der Waals surface area contributed by atoms with E-state index in [4.69, 9.17) is 9.84 Å². The number of hydrogen-bond acceptors (Lipinski definition) is 3. The summed E-state index contributed by atoms with van der Waals surface area (Å²) in [7, 11) is 0. The van der Waals surface area contributed by atoms with E-state index in [1.165, 1.54) is 0 Å². The number of benzene rings is 1. The van der Waals surface area contributed by atoms with Crippen molar-refractivity contribution in [2.75, 3.05) is 6.54 Å². The van der Waals surface area contributed by atoms with Crippen LogP contribution in [-0.4, -0.2) is 23.7 Å². The summed E-state index contributed by atoms with van der Waals surface area (Å²) in [5, 5.41) is 12.3. The van der Waals surface area contributed by atoms with Crippen LogP contribution in [-0.2, 0) is 4.79 Å². The molecule has 0 aromatic heterocycles. The van der Waals surface area contributed by atoms with Gasteiger partial charge >= 0.3 is 5.97 Å². The highest BCUT2D eigenvalue weighted by Gasteiger charge is 2.17. The van der Waals surface area contributed by atoms with Crippen molar-refractivity contribution in [2.24, 2.45) is 0 Å². The van der Waals surface area contributed by atoms with Gasteiger partial charge in [-0.3, -0.25) is 0 Å². The van der Waals surface area contributed by atoms with Crippen LogP contribution in [0, 0.1) is 0 Å². The lowest BCUT2D eigenvalue weighted by Gasteiger charge is -2.16. The summed E-state index contributed by atoms with van der Waals surface area (Å²) in [6.07, 6.45) is -0.336. The third-order valence-electron chi connectivity index (χ3n) is 2.79. The fourth-order valence-corrected chi connectivity index (χ4v) is 1.75. The molecule has 0 saturated carbocycles. The van der Waals surface area contributed by atoms with Crippen LogP contribution in [0.2, 0.25) is 0 Å². The van der Waals surface area contributed by atoms with Crippen molar-refractivity contribution >= 4 is 5.97 Å². The molecule has 0 spiro atoms. The van der Waals surface area contributed by atoms with E-state index in [1.54, 1.807) is 13.0 Å². The second-order valence-corrected chi connectivity index (χ2v) is 4.20. The number of hydrogen-bond donors (Lipinski definition) is 2. The summed E-state index contributed by atoms with van der Waals surface area (Å²) in [5.74, 6) is -0.325. The van der Waals surface area contributed by atoms with Crippen molar-refractivity contribution in [3.8, 4) is 5.75 Å². The van der Waals surface area contributed by atoms with Crippen LogP contribution in [0.25, 0.3) is 0 Å². The Balaban J connectivity index is 2.78. The van der Waals surface area contributed by atoms with E-state index in [9.17, 15) is 4.79 Å². The first-order valence-corrected chi connectivity index (χ1v) is 6.31. The Morgan fingerprint density at radius 2 is 2.17 bits per heavy atom. The molecule has 0 saturated heterocycles. The number of nitrogens with one attached hydrogen (secondary N) is 1. The lowest BCUT2D eigenvalue weighted by Crippen LogP contribution is -2.26. The maximum Gasteiger partial charge on any atom is 0.344 e. The van der Waals surface area contributed by atoms with E-state index in [-0.39, 0.29) is 6.04 Å². The van der Waals surface area contributed by atoms with Crippen LogP contribution in [0.4, 0.5) is 0 Å². The summed E-state index contributed by atoms with van der Waals surface area (Å²) in [6.45, 7) is 6.80. The standard InChI is InChI=1S/C14H21NO3/c1-4-13(14(16)17)18-12-8-6-7-11(9-12)10(3)15-5-2/h6-10,13,15H,4-5H2,1-3H3,(H,16,17). The lowest BCUT2D eigenvalue weighted by molar-refractivity contribution is -0.145. The van der Waals surface area contributed by atoms with Crippen molar-refractivity contribution in [1.29, 1.82) is 0 Å².